The van der Waals surface area contributed by atoms with Gasteiger partial charge in [0.2, 0.25) is 0 Å². The minimum absolute atomic E-state index is 0.0943. The largest absolute Gasteiger partial charge is 0.335 e. The van der Waals surface area contributed by atoms with Crippen LogP contribution in [0, 0.1) is 11.6 Å². The first-order chi connectivity index (χ1) is 10.1. The average molecular weight is 312 g/mol. The Kier molecular flexibility index (Phi) is 4.33. The van der Waals surface area contributed by atoms with Crippen LogP contribution in [0.4, 0.5) is 13.6 Å². The van der Waals surface area contributed by atoms with Crippen LogP contribution < -0.4 is 10.6 Å². The number of hydrogen-bond donors (Lipinski definition) is 2. The zero-order valence-corrected chi connectivity index (χ0v) is 12.4. The third kappa shape index (κ3) is 3.48. The Labute approximate surface area is 126 Å². The summed E-state index contributed by atoms with van der Waals surface area (Å²) in [7, 11) is 0. The maximum absolute atomic E-state index is 13.7. The maximum atomic E-state index is 13.7. The van der Waals surface area contributed by atoms with Crippen molar-refractivity contribution in [3.8, 4) is 0 Å². The minimum atomic E-state index is -0.533. The van der Waals surface area contributed by atoms with Crippen molar-refractivity contribution in [3.05, 3.63) is 35.4 Å². The van der Waals surface area contributed by atoms with Crippen LogP contribution in [0.15, 0.2) is 18.2 Å². The third-order valence-electron chi connectivity index (χ3n) is 4.03. The van der Waals surface area contributed by atoms with Crippen LogP contribution in [0.3, 0.4) is 0 Å². The van der Waals surface area contributed by atoms with Crippen LogP contribution in [-0.4, -0.2) is 29.6 Å². The van der Waals surface area contributed by atoms with Crippen molar-refractivity contribution in [1.29, 1.82) is 0 Å². The van der Waals surface area contributed by atoms with Crippen molar-refractivity contribution < 1.29 is 13.6 Å². The quantitative estimate of drug-likeness (QED) is 0.901. The molecule has 3 nitrogen and oxygen atoms in total. The summed E-state index contributed by atoms with van der Waals surface area (Å²) in [6.45, 7) is 0. The van der Waals surface area contributed by atoms with Gasteiger partial charge in [0.1, 0.15) is 11.6 Å². The Hall–Kier alpha value is -1.30. The number of nitrogens with one attached hydrogen (secondary N) is 2. The molecule has 1 heterocycles. The van der Waals surface area contributed by atoms with E-state index in [1.165, 1.54) is 18.2 Å². The third-order valence-corrected chi connectivity index (χ3v) is 5.08. The minimum Gasteiger partial charge on any atom is -0.335 e. The molecule has 3 rings (SSSR count). The summed E-state index contributed by atoms with van der Waals surface area (Å²) in [5.74, 6) is 0.816. The van der Waals surface area contributed by atoms with Crippen LogP contribution in [0.1, 0.15) is 30.7 Å². The number of carbonyl (C=O) groups excluding carboxylic acids is 1. The smallest absolute Gasteiger partial charge is 0.315 e. The number of thioether (sulfide) groups is 1. The highest BCUT2D eigenvalue weighted by atomic mass is 32.2. The lowest BCUT2D eigenvalue weighted by Gasteiger charge is -2.22. The van der Waals surface area contributed by atoms with Crippen LogP contribution in [0.25, 0.3) is 0 Å². The van der Waals surface area contributed by atoms with Gasteiger partial charge >= 0.3 is 6.03 Å². The number of amides is 2. The Morgan fingerprint density at radius 2 is 1.81 bits per heavy atom. The van der Waals surface area contributed by atoms with E-state index in [0.717, 1.165) is 24.3 Å². The molecule has 0 aromatic heterocycles. The summed E-state index contributed by atoms with van der Waals surface area (Å²) in [6, 6.07) is 3.69. The molecule has 2 aliphatic rings. The Morgan fingerprint density at radius 1 is 1.14 bits per heavy atom. The van der Waals surface area contributed by atoms with Gasteiger partial charge in [0, 0.05) is 23.6 Å². The van der Waals surface area contributed by atoms with Gasteiger partial charge in [-0.25, -0.2) is 13.6 Å². The fourth-order valence-electron chi connectivity index (χ4n) is 2.78. The number of carbonyl (C=O) groups is 1. The highest BCUT2D eigenvalue weighted by Gasteiger charge is 2.42. The molecule has 21 heavy (non-hydrogen) atoms. The molecule has 1 aromatic carbocycles. The van der Waals surface area contributed by atoms with E-state index in [4.69, 9.17) is 0 Å². The first kappa shape index (κ1) is 14.6. The number of urea groups is 1. The van der Waals surface area contributed by atoms with E-state index >= 15 is 0 Å². The van der Waals surface area contributed by atoms with Crippen LogP contribution in [0.2, 0.25) is 0 Å². The van der Waals surface area contributed by atoms with E-state index in [2.05, 4.69) is 10.6 Å². The van der Waals surface area contributed by atoms with Gasteiger partial charge in [-0.15, -0.1) is 0 Å². The van der Waals surface area contributed by atoms with Gasteiger partial charge in [-0.2, -0.15) is 11.8 Å². The summed E-state index contributed by atoms with van der Waals surface area (Å²) in [4.78, 5) is 11.9. The van der Waals surface area contributed by atoms with Gasteiger partial charge in [0.25, 0.3) is 0 Å². The monoisotopic (exact) mass is 312 g/mol. The van der Waals surface area contributed by atoms with Crippen molar-refractivity contribution in [2.45, 2.75) is 37.3 Å². The van der Waals surface area contributed by atoms with E-state index in [9.17, 15) is 13.6 Å². The molecule has 2 atom stereocenters. The van der Waals surface area contributed by atoms with Crippen LogP contribution in [0.5, 0.6) is 0 Å². The number of halogens is 2. The predicted octanol–water partition coefficient (Wildman–Crippen LogP) is 3.02. The fourth-order valence-corrected chi connectivity index (χ4v) is 3.88. The Bertz CT molecular complexity index is 514. The molecule has 6 heteroatoms. The van der Waals surface area contributed by atoms with Gasteiger partial charge in [-0.05, 0) is 42.9 Å². The second kappa shape index (κ2) is 6.22. The zero-order valence-electron chi connectivity index (χ0n) is 11.6. The van der Waals surface area contributed by atoms with Crippen LogP contribution >= 0.6 is 11.8 Å². The lowest BCUT2D eigenvalue weighted by atomic mass is 10.1. The second-order valence-electron chi connectivity index (χ2n) is 5.59. The van der Waals surface area contributed by atoms with Crippen molar-refractivity contribution in [2.75, 3.05) is 11.5 Å². The predicted molar refractivity (Wildman–Crippen MR) is 79.5 cm³/mol. The highest BCUT2D eigenvalue weighted by molar-refractivity contribution is 7.99. The molecule has 1 aliphatic carbocycles. The van der Waals surface area contributed by atoms with Crippen molar-refractivity contribution in [3.63, 3.8) is 0 Å². The van der Waals surface area contributed by atoms with Crippen molar-refractivity contribution in [2.24, 2.45) is 0 Å². The van der Waals surface area contributed by atoms with E-state index in [1.807, 2.05) is 11.8 Å². The van der Waals surface area contributed by atoms with E-state index in [-0.39, 0.29) is 29.6 Å². The molecule has 1 saturated carbocycles. The average Bonchev–Trinajstić information content (AvgIpc) is 3.18. The van der Waals surface area contributed by atoms with Gasteiger partial charge in [-0.3, -0.25) is 0 Å². The van der Waals surface area contributed by atoms with Gasteiger partial charge < -0.3 is 10.6 Å². The Morgan fingerprint density at radius 3 is 2.48 bits per heavy atom. The summed E-state index contributed by atoms with van der Waals surface area (Å²) >= 11 is 1.90. The van der Waals surface area contributed by atoms with Crippen LogP contribution in [-0.2, 0) is 0 Å². The second-order valence-corrected chi connectivity index (χ2v) is 6.81. The van der Waals surface area contributed by atoms with Crippen molar-refractivity contribution >= 4 is 17.8 Å². The molecule has 1 saturated heterocycles. The van der Waals surface area contributed by atoms with E-state index in [1.54, 1.807) is 0 Å². The summed E-state index contributed by atoms with van der Waals surface area (Å²) in [5.41, 5.74) is 0.0943. The van der Waals surface area contributed by atoms with Gasteiger partial charge in [-0.1, -0.05) is 6.07 Å². The zero-order chi connectivity index (χ0) is 14.8. The summed E-state index contributed by atoms with van der Waals surface area (Å²) < 4.78 is 27.3. The number of benzene rings is 1. The first-order valence-corrected chi connectivity index (χ1v) is 8.39. The molecule has 0 unspecified atom stereocenters. The van der Waals surface area contributed by atoms with Gasteiger partial charge in [0.05, 0.1) is 0 Å². The van der Waals surface area contributed by atoms with E-state index < -0.39 is 11.6 Å². The van der Waals surface area contributed by atoms with E-state index in [0.29, 0.717) is 6.42 Å². The lowest BCUT2D eigenvalue weighted by molar-refractivity contribution is 0.235. The SMILES string of the molecule is O=C(NC1CCSCC1)N[C@@H]1C[C@H]1c1c(F)cccc1F. The molecule has 2 amide bonds. The lowest BCUT2D eigenvalue weighted by Crippen LogP contribution is -2.44. The maximum Gasteiger partial charge on any atom is 0.315 e. The van der Waals surface area contributed by atoms with Crippen molar-refractivity contribution in [1.82, 2.24) is 10.6 Å². The number of rotatable bonds is 3. The normalized spacial score (nSPS) is 25.4. The molecule has 2 N–H and O–H groups in total. The molecule has 0 bridgehead atoms. The molecule has 0 radical (unpaired) electrons. The molecular weight excluding hydrogens is 294 g/mol. The summed E-state index contributed by atoms with van der Waals surface area (Å²) in [5, 5.41) is 5.75. The summed E-state index contributed by atoms with van der Waals surface area (Å²) in [6.07, 6.45) is 2.55. The highest BCUT2D eigenvalue weighted by Crippen LogP contribution is 2.43. The Balaban J connectivity index is 1.52. The number of hydrogen-bond acceptors (Lipinski definition) is 2. The fraction of sp³-hybridized carbons (Fsp3) is 0.533. The molecule has 0 spiro atoms. The standard InChI is InChI=1S/C15H18F2N2OS/c16-11-2-1-3-12(17)14(11)10-8-13(10)19-15(20)18-9-4-6-21-7-5-9/h1-3,9-10,13H,4-8H2,(H2,18,19,20)/t10-,13-/m1/s1. The molecule has 1 aliphatic heterocycles. The molecular formula is C15H18F2N2OS. The topological polar surface area (TPSA) is 41.1 Å². The van der Waals surface area contributed by atoms with Gasteiger partial charge in [0.15, 0.2) is 0 Å². The molecule has 1 aromatic rings. The first-order valence-electron chi connectivity index (χ1n) is 7.24. The molecule has 2 fully saturated rings. The molecule has 114 valence electrons.